The molecule has 1 N–H and O–H groups in total. The van der Waals surface area contributed by atoms with Crippen LogP contribution in [0.4, 0.5) is 4.79 Å². The molecule has 1 aliphatic carbocycles. The Bertz CT molecular complexity index is 121. The van der Waals surface area contributed by atoms with E-state index < -0.39 is 0 Å². The van der Waals surface area contributed by atoms with Crippen molar-refractivity contribution in [3.63, 3.8) is 0 Å². The maximum absolute atomic E-state index is 10.6. The average Bonchev–Trinajstić information content (AvgIpc) is 1.88. The summed E-state index contributed by atoms with van der Waals surface area (Å²) in [7, 11) is 2.16. The Morgan fingerprint density at radius 2 is 1.90 bits per heavy atom. The van der Waals surface area contributed by atoms with Gasteiger partial charge < -0.3 is 5.32 Å². The van der Waals surface area contributed by atoms with Crippen molar-refractivity contribution in [1.29, 1.82) is 0 Å². The minimum Gasteiger partial charge on any atom is -0.350 e. The summed E-state index contributed by atoms with van der Waals surface area (Å²) in [6.07, 6.45) is 6.22. The number of hydrogen-bond donors (Lipinski definition) is 1. The van der Waals surface area contributed by atoms with Gasteiger partial charge in [-0.15, -0.1) is 0 Å². The summed E-state index contributed by atoms with van der Waals surface area (Å²) in [6, 6.07) is 0.457. The number of rotatable bonds is 1. The van der Waals surface area contributed by atoms with Gasteiger partial charge in [0.15, 0.2) is 0 Å². The Labute approximate surface area is 64.0 Å². The van der Waals surface area contributed by atoms with Crippen molar-refractivity contribution in [2.75, 3.05) is 0 Å². The highest BCUT2D eigenvalue weighted by molar-refractivity contribution is 7.39. The molecule has 0 aromatic carbocycles. The SMILES string of the molecule is O=C(P)NC1CCCCC1. The van der Waals surface area contributed by atoms with Gasteiger partial charge in [-0.3, -0.25) is 4.79 Å². The van der Waals surface area contributed by atoms with Crippen molar-refractivity contribution < 1.29 is 4.79 Å². The topological polar surface area (TPSA) is 29.1 Å². The molecule has 0 heterocycles. The minimum absolute atomic E-state index is 0.0342. The third-order valence-electron chi connectivity index (χ3n) is 1.95. The van der Waals surface area contributed by atoms with Crippen LogP contribution in [0.5, 0.6) is 0 Å². The minimum atomic E-state index is 0.0342. The van der Waals surface area contributed by atoms with Gasteiger partial charge in [0.2, 0.25) is 5.65 Å². The molecule has 0 saturated heterocycles. The van der Waals surface area contributed by atoms with Gasteiger partial charge in [-0.25, -0.2) is 0 Å². The summed E-state index contributed by atoms with van der Waals surface area (Å²) in [5, 5.41) is 2.91. The molecular formula is C7H14NOP. The van der Waals surface area contributed by atoms with Crippen LogP contribution in [0.3, 0.4) is 0 Å². The van der Waals surface area contributed by atoms with Crippen LogP contribution in [0.25, 0.3) is 0 Å². The zero-order valence-corrected chi connectivity index (χ0v) is 7.25. The summed E-state index contributed by atoms with van der Waals surface area (Å²) in [5.41, 5.74) is 0.0342. The van der Waals surface area contributed by atoms with Crippen molar-refractivity contribution in [2.24, 2.45) is 0 Å². The number of nitrogens with one attached hydrogen (secondary N) is 1. The van der Waals surface area contributed by atoms with Crippen LogP contribution in [0.15, 0.2) is 0 Å². The van der Waals surface area contributed by atoms with E-state index in [0.29, 0.717) is 6.04 Å². The maximum Gasteiger partial charge on any atom is 0.234 e. The van der Waals surface area contributed by atoms with E-state index in [1.807, 2.05) is 0 Å². The number of carbonyl (C=O) groups is 1. The normalized spacial score (nSPS) is 20.5. The lowest BCUT2D eigenvalue weighted by atomic mass is 9.96. The molecule has 1 rings (SSSR count). The fourth-order valence-electron chi connectivity index (χ4n) is 1.45. The summed E-state index contributed by atoms with van der Waals surface area (Å²) < 4.78 is 0. The van der Waals surface area contributed by atoms with Gasteiger partial charge in [-0.1, -0.05) is 19.3 Å². The van der Waals surface area contributed by atoms with Crippen LogP contribution >= 0.6 is 9.24 Å². The zero-order valence-electron chi connectivity index (χ0n) is 6.10. The standard InChI is InChI=1S/C7H14NOP/c9-7(10)8-6-4-2-1-3-5-6/h6H,1-5,10H2,(H,8,9). The molecule has 0 aromatic heterocycles. The summed E-state index contributed by atoms with van der Waals surface area (Å²) in [5.74, 6) is 0. The van der Waals surface area contributed by atoms with Gasteiger partial charge >= 0.3 is 0 Å². The van der Waals surface area contributed by atoms with Crippen molar-refractivity contribution in [1.82, 2.24) is 5.32 Å². The molecule has 0 bridgehead atoms. The first-order valence-electron chi connectivity index (χ1n) is 3.85. The first-order valence-corrected chi connectivity index (χ1v) is 4.43. The third-order valence-corrected chi connectivity index (χ3v) is 2.12. The lowest BCUT2D eigenvalue weighted by Gasteiger charge is -2.21. The molecule has 10 heavy (non-hydrogen) atoms. The van der Waals surface area contributed by atoms with Gasteiger partial charge in [0.05, 0.1) is 0 Å². The van der Waals surface area contributed by atoms with Gasteiger partial charge in [-0.05, 0) is 22.1 Å². The van der Waals surface area contributed by atoms with E-state index in [1.54, 1.807) is 0 Å². The Balaban J connectivity index is 2.19. The Morgan fingerprint density at radius 1 is 1.30 bits per heavy atom. The van der Waals surface area contributed by atoms with Crippen LogP contribution < -0.4 is 5.32 Å². The second-order valence-corrected chi connectivity index (χ2v) is 3.37. The third kappa shape index (κ3) is 2.66. The predicted octanol–water partition coefficient (Wildman–Crippen LogP) is 1.90. The highest BCUT2D eigenvalue weighted by Crippen LogP contribution is 2.17. The molecule has 1 atom stereocenters. The van der Waals surface area contributed by atoms with E-state index >= 15 is 0 Å². The summed E-state index contributed by atoms with van der Waals surface area (Å²) >= 11 is 0. The van der Waals surface area contributed by atoms with E-state index in [4.69, 9.17) is 0 Å². The lowest BCUT2D eigenvalue weighted by Crippen LogP contribution is -2.32. The van der Waals surface area contributed by atoms with Crippen LogP contribution in [0.1, 0.15) is 32.1 Å². The fourth-order valence-corrected chi connectivity index (χ4v) is 1.68. The molecule has 58 valence electrons. The smallest absolute Gasteiger partial charge is 0.234 e. The van der Waals surface area contributed by atoms with Gasteiger partial charge in [0, 0.05) is 6.04 Å². The summed E-state index contributed by atoms with van der Waals surface area (Å²) in [4.78, 5) is 10.6. The lowest BCUT2D eigenvalue weighted by molar-refractivity contribution is 0.253. The molecule has 0 radical (unpaired) electrons. The fraction of sp³-hybridized carbons (Fsp3) is 0.857. The van der Waals surface area contributed by atoms with E-state index in [0.717, 1.165) is 0 Å². The molecular weight excluding hydrogens is 145 g/mol. The molecule has 1 unspecified atom stereocenters. The molecule has 0 aliphatic heterocycles. The Hall–Kier alpha value is -0.100. The zero-order chi connectivity index (χ0) is 7.40. The van der Waals surface area contributed by atoms with Crippen molar-refractivity contribution in [3.8, 4) is 0 Å². The first-order chi connectivity index (χ1) is 4.79. The van der Waals surface area contributed by atoms with Gasteiger partial charge in [0.25, 0.3) is 0 Å². The average molecular weight is 159 g/mol. The van der Waals surface area contributed by atoms with Crippen molar-refractivity contribution >= 4 is 14.9 Å². The van der Waals surface area contributed by atoms with Crippen molar-refractivity contribution in [2.45, 2.75) is 38.1 Å². The van der Waals surface area contributed by atoms with Crippen LogP contribution in [-0.4, -0.2) is 11.7 Å². The van der Waals surface area contributed by atoms with Crippen molar-refractivity contribution in [3.05, 3.63) is 0 Å². The van der Waals surface area contributed by atoms with Crippen LogP contribution in [0, 0.1) is 0 Å². The quantitative estimate of drug-likeness (QED) is 0.582. The molecule has 3 heteroatoms. The van der Waals surface area contributed by atoms with E-state index in [9.17, 15) is 4.79 Å². The maximum atomic E-state index is 10.6. The molecule has 1 fully saturated rings. The predicted molar refractivity (Wildman–Crippen MR) is 45.1 cm³/mol. The highest BCUT2D eigenvalue weighted by Gasteiger charge is 2.12. The van der Waals surface area contributed by atoms with Crippen LogP contribution in [0.2, 0.25) is 0 Å². The first kappa shape index (κ1) is 8.00. The van der Waals surface area contributed by atoms with E-state index in [-0.39, 0.29) is 5.65 Å². The van der Waals surface area contributed by atoms with Gasteiger partial charge in [0.1, 0.15) is 0 Å². The monoisotopic (exact) mass is 159 g/mol. The van der Waals surface area contributed by atoms with Gasteiger partial charge in [-0.2, -0.15) is 0 Å². The van der Waals surface area contributed by atoms with E-state index in [2.05, 4.69) is 14.6 Å². The second-order valence-electron chi connectivity index (χ2n) is 2.84. The Morgan fingerprint density at radius 3 is 2.40 bits per heavy atom. The highest BCUT2D eigenvalue weighted by atomic mass is 31.0. The largest absolute Gasteiger partial charge is 0.350 e. The molecule has 1 saturated carbocycles. The molecule has 2 nitrogen and oxygen atoms in total. The number of hydrogen-bond acceptors (Lipinski definition) is 1. The number of carbonyl (C=O) groups excluding carboxylic acids is 1. The molecule has 0 spiro atoms. The molecule has 0 aromatic rings. The summed E-state index contributed by atoms with van der Waals surface area (Å²) in [6.45, 7) is 0. The van der Waals surface area contributed by atoms with E-state index in [1.165, 1.54) is 32.1 Å². The molecule has 1 aliphatic rings. The number of amides is 1. The second kappa shape index (κ2) is 3.92. The van der Waals surface area contributed by atoms with Crippen LogP contribution in [-0.2, 0) is 0 Å². The Kier molecular flexibility index (Phi) is 3.14. The molecule has 1 amide bonds.